The van der Waals surface area contributed by atoms with Gasteiger partial charge in [0.05, 0.1) is 0 Å². The fourth-order valence-corrected chi connectivity index (χ4v) is 0.313. The van der Waals surface area contributed by atoms with E-state index in [1.165, 1.54) is 0 Å². The van der Waals surface area contributed by atoms with E-state index in [-0.39, 0.29) is 60.8 Å². The number of pyridine rings is 1. The molecule has 46 valence electrons. The SMILES string of the molecule is F.[F-].[K+].c1ccncc1. The van der Waals surface area contributed by atoms with E-state index in [4.69, 9.17) is 0 Å². The molecule has 0 unspecified atom stereocenters. The van der Waals surface area contributed by atoms with E-state index >= 15 is 0 Å². The summed E-state index contributed by atoms with van der Waals surface area (Å²) in [5.41, 5.74) is 0. The molecule has 1 aromatic heterocycles. The van der Waals surface area contributed by atoms with Gasteiger partial charge in [-0.25, -0.2) is 0 Å². The van der Waals surface area contributed by atoms with Gasteiger partial charge in [0, 0.05) is 12.4 Å². The smallest absolute Gasteiger partial charge is 1.00 e. The number of aromatic nitrogens is 1. The first-order valence-corrected chi connectivity index (χ1v) is 1.85. The summed E-state index contributed by atoms with van der Waals surface area (Å²) in [6.45, 7) is 0. The Labute approximate surface area is 95.0 Å². The topological polar surface area (TPSA) is 12.9 Å². The summed E-state index contributed by atoms with van der Waals surface area (Å²) in [5, 5.41) is 0. The molecule has 0 radical (unpaired) electrons. The Balaban J connectivity index is -0.000000120. The Hall–Kier alpha value is 0.646. The molecule has 0 saturated heterocycles. The maximum Gasteiger partial charge on any atom is 1.00 e. The van der Waals surface area contributed by atoms with Crippen molar-refractivity contribution in [1.82, 2.24) is 4.98 Å². The summed E-state index contributed by atoms with van der Waals surface area (Å²) in [7, 11) is 0. The second-order valence-corrected chi connectivity index (χ2v) is 1.02. The molecule has 0 aromatic carbocycles. The standard InChI is InChI=1S/C5H5N.2FH.K/c1-2-4-6-5-3-1;;;/h1-5H;2*1H;/q;;;+1/p-1. The summed E-state index contributed by atoms with van der Waals surface area (Å²) in [6.07, 6.45) is 3.50. The molecule has 0 atom stereocenters. The summed E-state index contributed by atoms with van der Waals surface area (Å²) in [5.74, 6) is 0. The van der Waals surface area contributed by atoms with E-state index in [2.05, 4.69) is 4.98 Å². The predicted octanol–water partition coefficient (Wildman–Crippen LogP) is -4.76. The third-order valence-electron chi connectivity index (χ3n) is 0.566. The minimum Gasteiger partial charge on any atom is -1.00 e. The maximum absolute atomic E-state index is 3.78. The van der Waals surface area contributed by atoms with Gasteiger partial charge < -0.3 is 4.70 Å². The molecule has 0 bridgehead atoms. The predicted molar refractivity (Wildman–Crippen MR) is 26.7 cm³/mol. The van der Waals surface area contributed by atoms with Gasteiger partial charge in [-0.1, -0.05) is 6.07 Å². The fraction of sp³-hybridized carbons (Fsp3) is 0. The van der Waals surface area contributed by atoms with E-state index in [9.17, 15) is 0 Å². The third kappa shape index (κ3) is 8.65. The van der Waals surface area contributed by atoms with Gasteiger partial charge in [0.2, 0.25) is 0 Å². The van der Waals surface area contributed by atoms with Crippen molar-refractivity contribution in [3.63, 3.8) is 0 Å². The zero-order chi connectivity index (χ0) is 4.24. The normalized spacial score (nSPS) is 5.33. The van der Waals surface area contributed by atoms with Gasteiger partial charge in [0.1, 0.15) is 0 Å². The van der Waals surface area contributed by atoms with Gasteiger partial charge >= 0.3 is 51.4 Å². The molecule has 1 nitrogen and oxygen atoms in total. The summed E-state index contributed by atoms with van der Waals surface area (Å²) < 4.78 is 0. The van der Waals surface area contributed by atoms with Crippen molar-refractivity contribution < 1.29 is 60.8 Å². The average molecular weight is 157 g/mol. The number of nitrogens with zero attached hydrogens (tertiary/aromatic N) is 1. The Bertz CT molecular complexity index is 86.9. The largest absolute Gasteiger partial charge is 1.00 e. The van der Waals surface area contributed by atoms with Crippen LogP contribution in [0.4, 0.5) is 4.70 Å². The van der Waals surface area contributed by atoms with Crippen LogP contribution in [0, 0.1) is 0 Å². The quantitative estimate of drug-likeness (QED) is 0.345. The van der Waals surface area contributed by atoms with Gasteiger partial charge in [-0.2, -0.15) is 0 Å². The number of hydrogen-bond acceptors (Lipinski definition) is 1. The van der Waals surface area contributed by atoms with Crippen molar-refractivity contribution in [2.75, 3.05) is 0 Å². The van der Waals surface area contributed by atoms with Crippen LogP contribution in [0.5, 0.6) is 0 Å². The molecule has 9 heavy (non-hydrogen) atoms. The average Bonchev–Trinajstić information content (AvgIpc) is 1.72. The second-order valence-electron chi connectivity index (χ2n) is 1.02. The van der Waals surface area contributed by atoms with Crippen molar-refractivity contribution in [3.8, 4) is 0 Å². The molecule has 0 N–H and O–H groups in total. The summed E-state index contributed by atoms with van der Waals surface area (Å²) >= 11 is 0. The van der Waals surface area contributed by atoms with E-state index in [0.29, 0.717) is 0 Å². The number of halogens is 2. The minimum atomic E-state index is 0. The van der Waals surface area contributed by atoms with Crippen LogP contribution >= 0.6 is 0 Å². The Kier molecular flexibility index (Phi) is 20.8. The summed E-state index contributed by atoms with van der Waals surface area (Å²) in [4.78, 5) is 3.78. The van der Waals surface area contributed by atoms with Crippen LogP contribution in [0.1, 0.15) is 0 Å². The molecule has 1 heterocycles. The molecule has 0 aliphatic carbocycles. The van der Waals surface area contributed by atoms with Crippen molar-refractivity contribution in [1.29, 1.82) is 0 Å². The van der Waals surface area contributed by atoms with Crippen molar-refractivity contribution in [2.45, 2.75) is 0 Å². The zero-order valence-corrected chi connectivity index (χ0v) is 8.24. The molecule has 0 spiro atoms. The first-order chi connectivity index (χ1) is 3.00. The Morgan fingerprint density at radius 1 is 0.889 bits per heavy atom. The van der Waals surface area contributed by atoms with E-state index < -0.39 is 0 Å². The molecular weight excluding hydrogens is 151 g/mol. The van der Waals surface area contributed by atoms with Crippen molar-refractivity contribution in [2.24, 2.45) is 0 Å². The van der Waals surface area contributed by atoms with Crippen molar-refractivity contribution in [3.05, 3.63) is 30.6 Å². The van der Waals surface area contributed by atoms with Crippen LogP contribution in [-0.4, -0.2) is 4.98 Å². The maximum atomic E-state index is 3.78. The monoisotopic (exact) mass is 157 g/mol. The Morgan fingerprint density at radius 3 is 1.44 bits per heavy atom. The van der Waals surface area contributed by atoms with Crippen LogP contribution in [0.2, 0.25) is 0 Å². The van der Waals surface area contributed by atoms with Crippen LogP contribution < -0.4 is 56.1 Å². The van der Waals surface area contributed by atoms with Gasteiger partial charge in [0.25, 0.3) is 0 Å². The third-order valence-corrected chi connectivity index (χ3v) is 0.566. The first kappa shape index (κ1) is 16.3. The second kappa shape index (κ2) is 11.4. The van der Waals surface area contributed by atoms with Crippen LogP contribution in [0.25, 0.3) is 0 Å². The fourth-order valence-electron chi connectivity index (χ4n) is 0.313. The van der Waals surface area contributed by atoms with Crippen LogP contribution in [-0.2, 0) is 0 Å². The van der Waals surface area contributed by atoms with Gasteiger partial charge in [-0.05, 0) is 12.1 Å². The van der Waals surface area contributed by atoms with Gasteiger partial charge in [0.15, 0.2) is 0 Å². The Morgan fingerprint density at radius 2 is 1.33 bits per heavy atom. The summed E-state index contributed by atoms with van der Waals surface area (Å²) in [6, 6.07) is 5.72. The van der Waals surface area contributed by atoms with Crippen molar-refractivity contribution >= 4 is 0 Å². The number of rotatable bonds is 0. The van der Waals surface area contributed by atoms with Gasteiger partial charge in [-0.15, -0.1) is 0 Å². The van der Waals surface area contributed by atoms with E-state index in [1.54, 1.807) is 12.4 Å². The molecule has 1 aromatic rings. The number of hydrogen-bond donors (Lipinski definition) is 0. The minimum absolute atomic E-state index is 0. The molecule has 0 aliphatic heterocycles. The molecule has 0 saturated carbocycles. The van der Waals surface area contributed by atoms with Crippen LogP contribution in [0.15, 0.2) is 30.6 Å². The molecular formula is C5H6F2KN. The first-order valence-electron chi connectivity index (χ1n) is 1.85. The molecule has 0 aliphatic rings. The molecule has 1 rings (SSSR count). The zero-order valence-electron chi connectivity index (χ0n) is 5.12. The van der Waals surface area contributed by atoms with E-state index in [1.807, 2.05) is 18.2 Å². The van der Waals surface area contributed by atoms with Crippen LogP contribution in [0.3, 0.4) is 0 Å². The molecule has 0 fully saturated rings. The molecule has 0 amide bonds. The van der Waals surface area contributed by atoms with Gasteiger partial charge in [-0.3, -0.25) is 9.69 Å². The van der Waals surface area contributed by atoms with E-state index in [0.717, 1.165) is 0 Å². The molecule has 4 heteroatoms.